The Morgan fingerprint density at radius 2 is 3.00 bits per heavy atom. The third-order valence-electron chi connectivity index (χ3n) is 0.765. The zero-order chi connectivity index (χ0) is 12.8. The summed E-state index contributed by atoms with van der Waals surface area (Å²) in [4.78, 5) is 0. The molecular weight excluding hydrogens is 118 g/mol. The maximum atomic E-state index is 7.66. The van der Waals surface area contributed by atoms with E-state index in [4.69, 9.17) is 9.60 Å². The standard InChI is InChI=1S/C6H13NO2/c1-8-5-6-4-7-2-3-9-6/h6-7H,2-5H2,1H3/i2D2,3D2,4D2,6D. The molecule has 1 aliphatic heterocycles. The van der Waals surface area contributed by atoms with Crippen LogP contribution in [0.3, 0.4) is 0 Å². The van der Waals surface area contributed by atoms with Gasteiger partial charge in [0.15, 0.2) is 0 Å². The molecule has 54 valence electrons. The molecular formula is C6H13NO2. The van der Waals surface area contributed by atoms with E-state index in [9.17, 15) is 0 Å². The minimum Gasteiger partial charge on any atom is -0.382 e. The van der Waals surface area contributed by atoms with Crippen LogP contribution < -0.4 is 5.32 Å². The number of nitrogens with one attached hydrogen (secondary N) is 1. The molecule has 1 fully saturated rings. The lowest BCUT2D eigenvalue weighted by molar-refractivity contribution is -0.0188. The Morgan fingerprint density at radius 3 is 3.78 bits per heavy atom. The molecule has 0 aromatic carbocycles. The fourth-order valence-corrected chi connectivity index (χ4v) is 0.436. The average Bonchev–Trinajstić information content (AvgIpc) is 1.98. The van der Waals surface area contributed by atoms with Crippen molar-refractivity contribution in [3.8, 4) is 0 Å². The Labute approximate surface area is 65.2 Å². The van der Waals surface area contributed by atoms with E-state index in [0.29, 0.717) is 0 Å². The fourth-order valence-electron chi connectivity index (χ4n) is 0.436. The molecule has 1 saturated heterocycles. The maximum absolute atomic E-state index is 7.66. The molecule has 0 amide bonds. The molecule has 3 heteroatoms. The van der Waals surface area contributed by atoms with Gasteiger partial charge in [-0.1, -0.05) is 0 Å². The van der Waals surface area contributed by atoms with E-state index in [0.717, 1.165) is 0 Å². The van der Waals surface area contributed by atoms with Gasteiger partial charge in [-0.3, -0.25) is 0 Å². The highest BCUT2D eigenvalue weighted by Gasteiger charge is 2.11. The van der Waals surface area contributed by atoms with Gasteiger partial charge in [0.1, 0.15) is 0 Å². The lowest BCUT2D eigenvalue weighted by Gasteiger charge is -2.22. The number of rotatable bonds is 2. The Balaban J connectivity index is 3.08. The summed E-state index contributed by atoms with van der Waals surface area (Å²) in [7, 11) is 1.22. The molecule has 0 spiro atoms. The Morgan fingerprint density at radius 1 is 2.11 bits per heavy atom. The smallest absolute Gasteiger partial charge is 0.0932 e. The number of hydrogen-bond donors (Lipinski definition) is 1. The molecule has 1 atom stereocenters. The molecule has 1 heterocycles. The van der Waals surface area contributed by atoms with Gasteiger partial charge in [-0.15, -0.1) is 0 Å². The summed E-state index contributed by atoms with van der Waals surface area (Å²) in [6.45, 7) is -8.64. The number of methoxy groups -OCH3 is 1. The molecule has 0 aliphatic carbocycles. The molecule has 9 heavy (non-hydrogen) atoms. The van der Waals surface area contributed by atoms with Gasteiger partial charge in [0.05, 0.1) is 23.4 Å². The Hall–Kier alpha value is -0.120. The first-order chi connectivity index (χ1) is 6.97. The molecule has 1 aliphatic rings. The van der Waals surface area contributed by atoms with E-state index in [1.807, 2.05) is 0 Å². The van der Waals surface area contributed by atoms with Gasteiger partial charge in [-0.05, 0) is 0 Å². The lowest BCUT2D eigenvalue weighted by atomic mass is 10.3. The van der Waals surface area contributed by atoms with Crippen molar-refractivity contribution in [3.05, 3.63) is 0 Å². The predicted molar refractivity (Wildman–Crippen MR) is 34.5 cm³/mol. The van der Waals surface area contributed by atoms with E-state index < -0.39 is 32.2 Å². The minimum atomic E-state index is -2.82. The third-order valence-corrected chi connectivity index (χ3v) is 0.765. The third kappa shape index (κ3) is 2.30. The highest BCUT2D eigenvalue weighted by molar-refractivity contribution is 4.65. The van der Waals surface area contributed by atoms with Gasteiger partial charge in [-0.25, -0.2) is 0 Å². The van der Waals surface area contributed by atoms with Crippen LogP contribution >= 0.6 is 0 Å². The molecule has 0 saturated carbocycles. The maximum Gasteiger partial charge on any atom is 0.0932 e. The van der Waals surface area contributed by atoms with Crippen LogP contribution in [-0.2, 0) is 9.47 Å². The molecule has 0 aromatic rings. The first kappa shape index (κ1) is 2.19. The molecule has 1 rings (SSSR count). The second-order valence-electron chi connectivity index (χ2n) is 1.44. The van der Waals surface area contributed by atoms with Gasteiger partial charge in [0, 0.05) is 25.6 Å². The van der Waals surface area contributed by atoms with Crippen LogP contribution in [0.4, 0.5) is 0 Å². The van der Waals surface area contributed by atoms with Crippen molar-refractivity contribution >= 4 is 0 Å². The summed E-state index contributed by atoms with van der Waals surface area (Å²) >= 11 is 0. The monoisotopic (exact) mass is 138 g/mol. The van der Waals surface area contributed by atoms with Gasteiger partial charge in [-0.2, -0.15) is 0 Å². The van der Waals surface area contributed by atoms with Crippen LogP contribution in [0.25, 0.3) is 0 Å². The topological polar surface area (TPSA) is 30.5 Å². The Bertz CT molecular complexity index is 284. The van der Waals surface area contributed by atoms with Crippen LogP contribution in [0, 0.1) is 0 Å². The summed E-state index contributed by atoms with van der Waals surface area (Å²) in [5.41, 5.74) is 0. The van der Waals surface area contributed by atoms with Crippen molar-refractivity contribution in [2.24, 2.45) is 0 Å². The second-order valence-corrected chi connectivity index (χ2v) is 1.44. The zero-order valence-corrected chi connectivity index (χ0v) is 5.02. The summed E-state index contributed by atoms with van der Waals surface area (Å²) in [5.74, 6) is 0. The van der Waals surface area contributed by atoms with E-state index in [2.05, 4.69) is 9.47 Å². The predicted octanol–water partition coefficient (Wildman–Crippen LogP) is -0.379. The van der Waals surface area contributed by atoms with Crippen LogP contribution in [-0.4, -0.2) is 39.3 Å². The van der Waals surface area contributed by atoms with E-state index in [1.165, 1.54) is 7.11 Å². The highest BCUT2D eigenvalue weighted by atomic mass is 16.5. The molecule has 3 nitrogen and oxygen atoms in total. The molecule has 0 bridgehead atoms. The van der Waals surface area contributed by atoms with Crippen molar-refractivity contribution in [2.45, 2.75) is 6.08 Å². The molecule has 0 aromatic heterocycles. The van der Waals surface area contributed by atoms with E-state index >= 15 is 0 Å². The number of ether oxygens (including phenoxy) is 2. The molecule has 1 N–H and O–H groups in total. The summed E-state index contributed by atoms with van der Waals surface area (Å²) in [5, 5.41) is 1.80. The van der Waals surface area contributed by atoms with Crippen molar-refractivity contribution in [2.75, 3.05) is 33.3 Å². The molecule has 1 unspecified atom stereocenters. The molecule has 0 radical (unpaired) electrons. The largest absolute Gasteiger partial charge is 0.382 e. The fraction of sp³-hybridized carbons (Fsp3) is 1.00. The van der Waals surface area contributed by atoms with Crippen LogP contribution in [0.1, 0.15) is 9.60 Å². The minimum absolute atomic E-state index is 0.525. The quantitative estimate of drug-likeness (QED) is 0.564. The normalized spacial score (nSPS) is 64.8. The van der Waals surface area contributed by atoms with Crippen molar-refractivity contribution < 1.29 is 19.1 Å². The number of hydrogen-bond acceptors (Lipinski definition) is 3. The SMILES string of the molecule is [2H]C1([2H])NC([2H])([2H])C([2H])(COC)OC1([2H])[2H]. The second kappa shape index (κ2) is 3.82. The van der Waals surface area contributed by atoms with Crippen molar-refractivity contribution in [3.63, 3.8) is 0 Å². The first-order valence-electron chi connectivity index (χ1n) is 5.96. The van der Waals surface area contributed by atoms with Gasteiger partial charge in [0.2, 0.25) is 0 Å². The van der Waals surface area contributed by atoms with Crippen LogP contribution in [0.5, 0.6) is 0 Å². The van der Waals surface area contributed by atoms with Crippen molar-refractivity contribution in [1.82, 2.24) is 5.32 Å². The average molecular weight is 138 g/mol. The lowest BCUT2D eigenvalue weighted by Crippen LogP contribution is -2.40. The van der Waals surface area contributed by atoms with Gasteiger partial charge < -0.3 is 14.8 Å². The van der Waals surface area contributed by atoms with Crippen LogP contribution in [0.15, 0.2) is 0 Å². The zero-order valence-electron chi connectivity index (χ0n) is 12.0. The number of morpholine rings is 1. The summed E-state index contributed by atoms with van der Waals surface area (Å²) in [6, 6.07) is 0. The summed E-state index contributed by atoms with van der Waals surface area (Å²) < 4.78 is 61.0. The van der Waals surface area contributed by atoms with E-state index in [-0.39, 0.29) is 0 Å². The van der Waals surface area contributed by atoms with Crippen LogP contribution in [0.2, 0.25) is 0 Å². The van der Waals surface area contributed by atoms with Gasteiger partial charge in [0.25, 0.3) is 0 Å². The Kier molecular flexibility index (Phi) is 0.928. The first-order valence-corrected chi connectivity index (χ1v) is 2.46. The van der Waals surface area contributed by atoms with E-state index in [1.54, 1.807) is 5.32 Å². The summed E-state index contributed by atoms with van der Waals surface area (Å²) in [6.07, 6.45) is -2.35. The van der Waals surface area contributed by atoms with Crippen molar-refractivity contribution in [1.29, 1.82) is 0 Å². The van der Waals surface area contributed by atoms with Gasteiger partial charge >= 0.3 is 0 Å². The highest BCUT2D eigenvalue weighted by Crippen LogP contribution is 1.94.